The Kier molecular flexibility index (Phi) is 9.05. The zero-order valence-electron chi connectivity index (χ0n) is 13.2. The van der Waals surface area contributed by atoms with Crippen LogP contribution in [0.15, 0.2) is 6.07 Å². The van der Waals surface area contributed by atoms with Crippen LogP contribution < -0.4 is 5.32 Å². The fourth-order valence-electron chi connectivity index (χ4n) is 2.17. The number of aryl methyl sites for hydroxylation is 1. The van der Waals surface area contributed by atoms with E-state index >= 15 is 0 Å². The highest BCUT2D eigenvalue weighted by atomic mass is 32.1. The zero-order valence-corrected chi connectivity index (χ0v) is 14.0. The molecule has 0 aliphatic rings. The van der Waals surface area contributed by atoms with Gasteiger partial charge >= 0.3 is 0 Å². The Morgan fingerprint density at radius 1 is 1.20 bits per heavy atom. The molecule has 4 nitrogen and oxygen atoms in total. The minimum absolute atomic E-state index is 0.777. The van der Waals surface area contributed by atoms with E-state index in [1.807, 2.05) is 18.4 Å². The van der Waals surface area contributed by atoms with Crippen molar-refractivity contribution in [2.24, 2.45) is 0 Å². The number of hydrogen-bond acceptors (Lipinski definition) is 5. The molecule has 0 unspecified atom stereocenters. The SMILES string of the molecule is CNCc1cc(CN(CCCOC)CCOC)c(C)s1. The van der Waals surface area contributed by atoms with E-state index in [2.05, 4.69) is 23.2 Å². The number of thiophene rings is 1. The van der Waals surface area contributed by atoms with Crippen molar-refractivity contribution in [3.8, 4) is 0 Å². The van der Waals surface area contributed by atoms with Gasteiger partial charge in [-0.25, -0.2) is 0 Å². The molecule has 0 aromatic carbocycles. The third-order valence-electron chi connectivity index (χ3n) is 3.25. The number of ether oxygens (including phenoxy) is 2. The Bertz CT molecular complexity index is 369. The van der Waals surface area contributed by atoms with Crippen molar-refractivity contribution >= 4 is 11.3 Å². The van der Waals surface area contributed by atoms with Gasteiger partial charge in [0.2, 0.25) is 0 Å². The molecule has 0 atom stereocenters. The van der Waals surface area contributed by atoms with Crippen molar-refractivity contribution in [1.29, 1.82) is 0 Å². The summed E-state index contributed by atoms with van der Waals surface area (Å²) in [7, 11) is 5.51. The van der Waals surface area contributed by atoms with Gasteiger partial charge in [0.05, 0.1) is 6.61 Å². The number of rotatable bonds is 11. The average Bonchev–Trinajstić information content (AvgIpc) is 2.76. The molecule has 116 valence electrons. The lowest BCUT2D eigenvalue weighted by Crippen LogP contribution is -2.28. The number of hydrogen-bond donors (Lipinski definition) is 1. The molecule has 0 fully saturated rings. The first-order valence-electron chi connectivity index (χ1n) is 7.14. The Hall–Kier alpha value is -0.460. The van der Waals surface area contributed by atoms with E-state index in [0.29, 0.717) is 0 Å². The van der Waals surface area contributed by atoms with Gasteiger partial charge in [0.15, 0.2) is 0 Å². The summed E-state index contributed by atoms with van der Waals surface area (Å²) in [6.45, 7) is 7.77. The smallest absolute Gasteiger partial charge is 0.0589 e. The highest BCUT2D eigenvalue weighted by Crippen LogP contribution is 2.23. The standard InChI is InChI=1S/C15H28N2O2S/c1-13-14(10-15(20-13)11-16-2)12-17(7-9-19-4)6-5-8-18-3/h10,16H,5-9,11-12H2,1-4H3. The number of nitrogens with one attached hydrogen (secondary N) is 1. The molecule has 1 aromatic rings. The Morgan fingerprint density at radius 2 is 1.95 bits per heavy atom. The second-order valence-electron chi connectivity index (χ2n) is 4.94. The van der Waals surface area contributed by atoms with Gasteiger partial charge in [-0.2, -0.15) is 0 Å². The fraction of sp³-hybridized carbons (Fsp3) is 0.733. The van der Waals surface area contributed by atoms with Gasteiger partial charge in [0.25, 0.3) is 0 Å². The summed E-state index contributed by atoms with van der Waals surface area (Å²) in [6.07, 6.45) is 1.06. The summed E-state index contributed by atoms with van der Waals surface area (Å²) in [4.78, 5) is 5.27. The quantitative estimate of drug-likeness (QED) is 0.636. The molecule has 0 bridgehead atoms. The molecule has 0 saturated heterocycles. The highest BCUT2D eigenvalue weighted by molar-refractivity contribution is 7.12. The Balaban J connectivity index is 2.57. The van der Waals surface area contributed by atoms with Crippen LogP contribution in [0.4, 0.5) is 0 Å². The maximum Gasteiger partial charge on any atom is 0.0589 e. The van der Waals surface area contributed by atoms with E-state index in [1.165, 1.54) is 15.3 Å². The maximum atomic E-state index is 5.21. The van der Waals surface area contributed by atoms with E-state index in [1.54, 1.807) is 14.2 Å². The van der Waals surface area contributed by atoms with E-state index < -0.39 is 0 Å². The van der Waals surface area contributed by atoms with Gasteiger partial charge in [-0.1, -0.05) is 0 Å². The zero-order chi connectivity index (χ0) is 14.8. The second kappa shape index (κ2) is 10.3. The average molecular weight is 300 g/mol. The van der Waals surface area contributed by atoms with E-state index in [4.69, 9.17) is 9.47 Å². The van der Waals surface area contributed by atoms with E-state index in [9.17, 15) is 0 Å². The number of methoxy groups -OCH3 is 2. The molecule has 20 heavy (non-hydrogen) atoms. The summed E-state index contributed by atoms with van der Waals surface area (Å²) in [5.74, 6) is 0. The van der Waals surface area contributed by atoms with Gasteiger partial charge in [0.1, 0.15) is 0 Å². The molecule has 1 aromatic heterocycles. The van der Waals surface area contributed by atoms with Crippen LogP contribution in [0, 0.1) is 6.92 Å². The molecule has 0 amide bonds. The molecular weight excluding hydrogens is 272 g/mol. The van der Waals surface area contributed by atoms with Crippen molar-refractivity contribution in [2.45, 2.75) is 26.4 Å². The lowest BCUT2D eigenvalue weighted by molar-refractivity contribution is 0.129. The van der Waals surface area contributed by atoms with Crippen LogP contribution in [0.25, 0.3) is 0 Å². The van der Waals surface area contributed by atoms with Crippen LogP contribution in [0.3, 0.4) is 0 Å². The topological polar surface area (TPSA) is 33.7 Å². The lowest BCUT2D eigenvalue weighted by atomic mass is 10.2. The lowest BCUT2D eigenvalue weighted by Gasteiger charge is -2.21. The van der Waals surface area contributed by atoms with Crippen LogP contribution >= 0.6 is 11.3 Å². The van der Waals surface area contributed by atoms with Crippen LogP contribution in [0.5, 0.6) is 0 Å². The summed E-state index contributed by atoms with van der Waals surface area (Å²) < 4.78 is 10.4. The minimum Gasteiger partial charge on any atom is -0.385 e. The largest absolute Gasteiger partial charge is 0.385 e. The molecule has 1 N–H and O–H groups in total. The molecule has 1 rings (SSSR count). The van der Waals surface area contributed by atoms with Gasteiger partial charge in [-0.05, 0) is 32.0 Å². The third-order valence-corrected chi connectivity index (χ3v) is 4.34. The summed E-state index contributed by atoms with van der Waals surface area (Å²) in [5.41, 5.74) is 1.44. The van der Waals surface area contributed by atoms with Gasteiger partial charge < -0.3 is 14.8 Å². The molecule has 0 spiro atoms. The first-order chi connectivity index (χ1) is 9.71. The molecule has 0 aliphatic carbocycles. The van der Waals surface area contributed by atoms with Crippen LogP contribution in [-0.4, -0.2) is 52.5 Å². The van der Waals surface area contributed by atoms with Crippen LogP contribution in [-0.2, 0) is 22.6 Å². The monoisotopic (exact) mass is 300 g/mol. The normalized spacial score (nSPS) is 11.4. The number of nitrogens with zero attached hydrogens (tertiary/aromatic N) is 1. The van der Waals surface area contributed by atoms with Crippen molar-refractivity contribution in [3.05, 3.63) is 21.4 Å². The van der Waals surface area contributed by atoms with Gasteiger partial charge in [-0.3, -0.25) is 4.90 Å². The van der Waals surface area contributed by atoms with Crippen LogP contribution in [0.1, 0.15) is 21.7 Å². The molecule has 0 aliphatic heterocycles. The molecule has 5 heteroatoms. The minimum atomic E-state index is 0.777. The molecule has 0 radical (unpaired) electrons. The van der Waals surface area contributed by atoms with E-state index in [0.717, 1.165) is 45.8 Å². The molecule has 1 heterocycles. The van der Waals surface area contributed by atoms with Crippen molar-refractivity contribution in [2.75, 3.05) is 47.6 Å². The first kappa shape index (κ1) is 17.6. The predicted octanol–water partition coefficient (Wildman–Crippen LogP) is 2.26. The molecule has 0 saturated carbocycles. The van der Waals surface area contributed by atoms with Gasteiger partial charge in [0, 0.05) is 56.8 Å². The van der Waals surface area contributed by atoms with Crippen molar-refractivity contribution in [1.82, 2.24) is 10.2 Å². The first-order valence-corrected chi connectivity index (χ1v) is 7.96. The Labute approximate surface area is 127 Å². The van der Waals surface area contributed by atoms with Gasteiger partial charge in [-0.15, -0.1) is 11.3 Å². The Morgan fingerprint density at radius 3 is 2.60 bits per heavy atom. The second-order valence-corrected chi connectivity index (χ2v) is 6.28. The summed E-state index contributed by atoms with van der Waals surface area (Å²) in [6, 6.07) is 2.33. The molecular formula is C15H28N2O2S. The summed E-state index contributed by atoms with van der Waals surface area (Å²) >= 11 is 1.89. The third kappa shape index (κ3) is 6.33. The fourth-order valence-corrected chi connectivity index (χ4v) is 3.24. The highest BCUT2D eigenvalue weighted by Gasteiger charge is 2.10. The maximum absolute atomic E-state index is 5.21. The predicted molar refractivity (Wildman–Crippen MR) is 85.5 cm³/mol. The van der Waals surface area contributed by atoms with Crippen molar-refractivity contribution < 1.29 is 9.47 Å². The summed E-state index contributed by atoms with van der Waals surface area (Å²) in [5, 5.41) is 3.21. The van der Waals surface area contributed by atoms with E-state index in [-0.39, 0.29) is 0 Å². The van der Waals surface area contributed by atoms with Crippen molar-refractivity contribution in [3.63, 3.8) is 0 Å². The van der Waals surface area contributed by atoms with Crippen LogP contribution in [0.2, 0.25) is 0 Å².